The monoisotopic (exact) mass is 302 g/mol. The second-order valence-corrected chi connectivity index (χ2v) is 6.52. The Hall–Kier alpha value is -1.13. The van der Waals surface area contributed by atoms with Crippen molar-refractivity contribution < 1.29 is 13.5 Å². The molecule has 1 atom stereocenters. The van der Waals surface area contributed by atoms with Crippen LogP contribution in [0.4, 0.5) is 0 Å². The number of rotatable bonds is 5. The summed E-state index contributed by atoms with van der Waals surface area (Å²) in [7, 11) is -3.79. The van der Waals surface area contributed by atoms with Crippen molar-refractivity contribution in [3.8, 4) is 6.07 Å². The van der Waals surface area contributed by atoms with Crippen molar-refractivity contribution in [3.63, 3.8) is 0 Å². The number of nitriles is 1. The average Bonchev–Trinajstić information content (AvgIpc) is 2.38. The van der Waals surface area contributed by atoms with Crippen molar-refractivity contribution >= 4 is 21.6 Å². The van der Waals surface area contributed by atoms with Gasteiger partial charge in [0, 0.05) is 0 Å². The van der Waals surface area contributed by atoms with Gasteiger partial charge in [-0.2, -0.15) is 5.26 Å². The number of hydrogen-bond acceptors (Lipinski definition) is 4. The highest BCUT2D eigenvalue weighted by molar-refractivity contribution is 7.89. The molecule has 0 aromatic heterocycles. The van der Waals surface area contributed by atoms with E-state index in [9.17, 15) is 13.5 Å². The quantitative estimate of drug-likeness (QED) is 0.865. The maximum atomic E-state index is 12.2. The van der Waals surface area contributed by atoms with Gasteiger partial charge in [-0.1, -0.05) is 18.5 Å². The minimum atomic E-state index is -3.79. The zero-order valence-electron chi connectivity index (χ0n) is 10.6. The molecule has 19 heavy (non-hydrogen) atoms. The number of benzene rings is 1. The Bertz CT molecular complexity index is 604. The van der Waals surface area contributed by atoms with E-state index in [0.717, 1.165) is 0 Å². The molecular weight excluding hydrogens is 288 g/mol. The summed E-state index contributed by atoms with van der Waals surface area (Å²) in [4.78, 5) is -0.0374. The Labute approximate surface area is 117 Å². The molecule has 0 saturated carbocycles. The first-order chi connectivity index (χ1) is 8.78. The van der Waals surface area contributed by atoms with E-state index in [1.54, 1.807) is 13.8 Å². The molecule has 0 aliphatic heterocycles. The highest BCUT2D eigenvalue weighted by Gasteiger charge is 2.28. The highest BCUT2D eigenvalue weighted by atomic mass is 35.5. The maximum absolute atomic E-state index is 12.2. The molecule has 0 saturated heterocycles. The Morgan fingerprint density at radius 1 is 1.53 bits per heavy atom. The van der Waals surface area contributed by atoms with Crippen molar-refractivity contribution in [2.75, 3.05) is 6.61 Å². The number of aliphatic hydroxyl groups is 1. The smallest absolute Gasteiger partial charge is 0.241 e. The summed E-state index contributed by atoms with van der Waals surface area (Å²) in [5, 5.41) is 18.1. The number of sulfonamides is 1. The van der Waals surface area contributed by atoms with Crippen LogP contribution in [0.25, 0.3) is 0 Å². The van der Waals surface area contributed by atoms with E-state index in [1.807, 2.05) is 6.07 Å². The van der Waals surface area contributed by atoms with Crippen molar-refractivity contribution in [2.45, 2.75) is 30.7 Å². The van der Waals surface area contributed by atoms with E-state index in [2.05, 4.69) is 4.72 Å². The zero-order valence-corrected chi connectivity index (χ0v) is 12.2. The standard InChI is InChI=1S/C12H15ClN2O3S/c1-3-12(2,8-16)15-19(17,18)10-5-4-9(7-14)11(13)6-10/h4-6,15-16H,3,8H2,1-2H3. The van der Waals surface area contributed by atoms with Gasteiger partial charge >= 0.3 is 0 Å². The topological polar surface area (TPSA) is 90.2 Å². The first kappa shape index (κ1) is 15.9. The lowest BCUT2D eigenvalue weighted by Crippen LogP contribution is -2.48. The summed E-state index contributed by atoms with van der Waals surface area (Å²) in [5.74, 6) is 0. The lowest BCUT2D eigenvalue weighted by Gasteiger charge is -2.26. The third-order valence-electron chi connectivity index (χ3n) is 2.88. The van der Waals surface area contributed by atoms with E-state index in [-0.39, 0.29) is 22.1 Å². The van der Waals surface area contributed by atoms with Crippen molar-refractivity contribution in [3.05, 3.63) is 28.8 Å². The molecule has 1 rings (SSSR count). The fourth-order valence-corrected chi connectivity index (χ4v) is 3.14. The number of hydrogen-bond donors (Lipinski definition) is 2. The van der Waals surface area contributed by atoms with Crippen LogP contribution in [0.15, 0.2) is 23.1 Å². The molecule has 0 aliphatic rings. The molecule has 2 N–H and O–H groups in total. The predicted molar refractivity (Wildman–Crippen MR) is 72.3 cm³/mol. The highest BCUT2D eigenvalue weighted by Crippen LogP contribution is 2.22. The molecular formula is C12H15ClN2O3S. The van der Waals surface area contributed by atoms with Crippen LogP contribution in [0.5, 0.6) is 0 Å². The van der Waals surface area contributed by atoms with E-state index >= 15 is 0 Å². The minimum Gasteiger partial charge on any atom is -0.394 e. The van der Waals surface area contributed by atoms with E-state index in [1.165, 1.54) is 18.2 Å². The number of aliphatic hydroxyl groups excluding tert-OH is 1. The van der Waals surface area contributed by atoms with E-state index < -0.39 is 15.6 Å². The third kappa shape index (κ3) is 3.67. The molecule has 0 fully saturated rings. The van der Waals surface area contributed by atoms with Gasteiger partial charge in [0.2, 0.25) is 10.0 Å². The van der Waals surface area contributed by atoms with E-state index in [4.69, 9.17) is 16.9 Å². The van der Waals surface area contributed by atoms with Crippen LogP contribution in [0, 0.1) is 11.3 Å². The van der Waals surface area contributed by atoms with Crippen molar-refractivity contribution in [1.82, 2.24) is 4.72 Å². The van der Waals surface area contributed by atoms with Crippen LogP contribution in [-0.2, 0) is 10.0 Å². The summed E-state index contributed by atoms with van der Waals surface area (Å²) < 4.78 is 26.7. The van der Waals surface area contributed by atoms with Gasteiger partial charge in [-0.3, -0.25) is 0 Å². The number of halogens is 1. The normalized spacial score (nSPS) is 14.7. The van der Waals surface area contributed by atoms with Crippen molar-refractivity contribution in [1.29, 1.82) is 5.26 Å². The summed E-state index contributed by atoms with van der Waals surface area (Å²) in [6.07, 6.45) is 0.437. The van der Waals surface area contributed by atoms with Gasteiger partial charge in [-0.15, -0.1) is 0 Å². The van der Waals surface area contributed by atoms with E-state index in [0.29, 0.717) is 6.42 Å². The van der Waals surface area contributed by atoms with Gasteiger partial charge in [-0.05, 0) is 31.5 Å². The largest absolute Gasteiger partial charge is 0.394 e. The van der Waals surface area contributed by atoms with Crippen LogP contribution >= 0.6 is 11.6 Å². The molecule has 5 nitrogen and oxygen atoms in total. The molecule has 0 aliphatic carbocycles. The predicted octanol–water partition coefficient (Wildman–Crippen LogP) is 1.65. The zero-order chi connectivity index (χ0) is 14.7. The third-order valence-corrected chi connectivity index (χ3v) is 4.83. The van der Waals surface area contributed by atoms with Crippen LogP contribution in [0.2, 0.25) is 5.02 Å². The van der Waals surface area contributed by atoms with Crippen LogP contribution < -0.4 is 4.72 Å². The molecule has 0 bridgehead atoms. The maximum Gasteiger partial charge on any atom is 0.241 e. The molecule has 104 valence electrons. The Balaban J connectivity index is 3.15. The second-order valence-electron chi connectivity index (χ2n) is 4.43. The summed E-state index contributed by atoms with van der Waals surface area (Å²) in [6, 6.07) is 5.73. The Morgan fingerprint density at radius 2 is 2.16 bits per heavy atom. The lowest BCUT2D eigenvalue weighted by molar-refractivity contribution is 0.191. The minimum absolute atomic E-state index is 0.0374. The molecule has 0 amide bonds. The second kappa shape index (κ2) is 5.88. The summed E-state index contributed by atoms with van der Waals surface area (Å²) in [5.41, 5.74) is -0.722. The van der Waals surface area contributed by atoms with Gasteiger partial charge in [0.15, 0.2) is 0 Å². The van der Waals surface area contributed by atoms with Gasteiger partial charge in [-0.25, -0.2) is 13.1 Å². The average molecular weight is 303 g/mol. The van der Waals surface area contributed by atoms with Crippen LogP contribution in [0.3, 0.4) is 0 Å². The SMILES string of the molecule is CCC(C)(CO)NS(=O)(=O)c1ccc(C#N)c(Cl)c1. The molecule has 1 unspecified atom stereocenters. The summed E-state index contributed by atoms with van der Waals surface area (Å²) in [6.45, 7) is 3.06. The summed E-state index contributed by atoms with van der Waals surface area (Å²) >= 11 is 5.81. The molecule has 0 spiro atoms. The van der Waals surface area contributed by atoms with Crippen molar-refractivity contribution in [2.24, 2.45) is 0 Å². The van der Waals surface area contributed by atoms with Crippen LogP contribution in [0.1, 0.15) is 25.8 Å². The Kier molecular flexibility index (Phi) is 4.93. The van der Waals surface area contributed by atoms with Gasteiger partial charge in [0.1, 0.15) is 6.07 Å². The lowest BCUT2D eigenvalue weighted by atomic mass is 10.0. The van der Waals surface area contributed by atoms with Gasteiger partial charge in [0.25, 0.3) is 0 Å². The number of nitrogens with one attached hydrogen (secondary N) is 1. The molecule has 0 heterocycles. The molecule has 7 heteroatoms. The van der Waals surface area contributed by atoms with Gasteiger partial charge in [0.05, 0.1) is 27.6 Å². The first-order valence-corrected chi connectivity index (χ1v) is 7.48. The van der Waals surface area contributed by atoms with Gasteiger partial charge < -0.3 is 5.11 Å². The Morgan fingerprint density at radius 3 is 2.58 bits per heavy atom. The fraction of sp³-hybridized carbons (Fsp3) is 0.417. The number of nitrogens with zero attached hydrogens (tertiary/aromatic N) is 1. The molecule has 1 aromatic rings. The van der Waals surface area contributed by atoms with Crippen LogP contribution in [-0.4, -0.2) is 25.7 Å². The molecule has 1 aromatic carbocycles. The first-order valence-electron chi connectivity index (χ1n) is 5.62. The molecule has 0 radical (unpaired) electrons. The fourth-order valence-electron chi connectivity index (χ4n) is 1.35.